The van der Waals surface area contributed by atoms with Gasteiger partial charge in [-0.3, -0.25) is 0 Å². The number of rotatable bonds is 2. The molecule has 0 amide bonds. The molecule has 5 heteroatoms. The van der Waals surface area contributed by atoms with Crippen LogP contribution >= 0.6 is 34.8 Å². The molecule has 1 aromatic carbocycles. The highest BCUT2D eigenvalue weighted by molar-refractivity contribution is 6.37. The number of allylic oxidation sites excluding steroid dienone is 4. The highest BCUT2D eigenvalue weighted by atomic mass is 35.5. The molecule has 0 bridgehead atoms. The van der Waals surface area contributed by atoms with Crippen LogP contribution in [0.3, 0.4) is 0 Å². The molecule has 0 spiro atoms. The second-order valence-electron chi connectivity index (χ2n) is 4.66. The maximum atomic E-state index is 6.29. The topological polar surface area (TPSA) is 25.8 Å². The van der Waals surface area contributed by atoms with Gasteiger partial charge in [-0.05, 0) is 41.6 Å². The Kier molecular flexibility index (Phi) is 4.29. The van der Waals surface area contributed by atoms with E-state index < -0.39 is 0 Å². The van der Waals surface area contributed by atoms with Gasteiger partial charge in [0.1, 0.15) is 0 Å². The van der Waals surface area contributed by atoms with Crippen LogP contribution in [0.25, 0.3) is 16.8 Å². The minimum Gasteiger partial charge on any atom is -0.225 e. The molecule has 106 valence electrons. The minimum atomic E-state index is 0.176. The van der Waals surface area contributed by atoms with E-state index in [4.69, 9.17) is 34.8 Å². The van der Waals surface area contributed by atoms with E-state index in [0.717, 1.165) is 34.6 Å². The van der Waals surface area contributed by atoms with Crippen molar-refractivity contribution in [1.82, 2.24) is 9.97 Å². The Hall–Kier alpha value is -1.35. The lowest BCUT2D eigenvalue weighted by Gasteiger charge is -2.13. The average Bonchev–Trinajstić information content (AvgIpc) is 2.50. The Morgan fingerprint density at radius 3 is 2.52 bits per heavy atom. The molecule has 0 aliphatic heterocycles. The molecule has 3 rings (SSSR count). The van der Waals surface area contributed by atoms with Crippen LogP contribution in [0, 0.1) is 0 Å². The Morgan fingerprint density at radius 2 is 1.71 bits per heavy atom. The summed E-state index contributed by atoms with van der Waals surface area (Å²) in [6.45, 7) is 0. The molecule has 0 saturated carbocycles. The highest BCUT2D eigenvalue weighted by Crippen LogP contribution is 2.34. The average molecular weight is 338 g/mol. The monoisotopic (exact) mass is 336 g/mol. The van der Waals surface area contributed by atoms with E-state index in [1.165, 1.54) is 6.20 Å². The van der Waals surface area contributed by atoms with Crippen LogP contribution in [0.4, 0.5) is 0 Å². The van der Waals surface area contributed by atoms with Gasteiger partial charge >= 0.3 is 0 Å². The van der Waals surface area contributed by atoms with Crippen molar-refractivity contribution in [1.29, 1.82) is 0 Å². The Bertz CT molecular complexity index is 751. The van der Waals surface area contributed by atoms with E-state index in [1.807, 2.05) is 30.3 Å². The zero-order chi connectivity index (χ0) is 14.8. The number of hydrogen-bond donors (Lipinski definition) is 0. The van der Waals surface area contributed by atoms with Gasteiger partial charge in [-0.1, -0.05) is 53.6 Å². The van der Waals surface area contributed by atoms with Crippen molar-refractivity contribution in [3.8, 4) is 11.3 Å². The first-order chi connectivity index (χ1) is 10.1. The first kappa shape index (κ1) is 14.6. The van der Waals surface area contributed by atoms with Crippen molar-refractivity contribution in [3.05, 3.63) is 63.5 Å². The van der Waals surface area contributed by atoms with Gasteiger partial charge in [-0.25, -0.2) is 9.97 Å². The van der Waals surface area contributed by atoms with Gasteiger partial charge in [-0.15, -0.1) is 0 Å². The fourth-order valence-electron chi connectivity index (χ4n) is 2.28. The van der Waals surface area contributed by atoms with Crippen LogP contribution < -0.4 is 0 Å². The minimum absolute atomic E-state index is 0.176. The van der Waals surface area contributed by atoms with Gasteiger partial charge in [0, 0.05) is 10.6 Å². The zero-order valence-corrected chi connectivity index (χ0v) is 13.3. The number of benzene rings is 1. The third-order valence-electron chi connectivity index (χ3n) is 3.26. The first-order valence-electron chi connectivity index (χ1n) is 6.50. The third-order valence-corrected chi connectivity index (χ3v) is 4.07. The molecule has 2 nitrogen and oxygen atoms in total. The Labute approximate surface area is 138 Å². The molecule has 2 aromatic rings. The van der Waals surface area contributed by atoms with Crippen LogP contribution in [0.5, 0.6) is 0 Å². The van der Waals surface area contributed by atoms with E-state index in [2.05, 4.69) is 16.0 Å². The molecule has 0 fully saturated rings. The van der Waals surface area contributed by atoms with E-state index in [0.29, 0.717) is 10.7 Å². The Balaban J connectivity index is 2.07. The third kappa shape index (κ3) is 3.13. The fourth-order valence-corrected chi connectivity index (χ4v) is 2.91. The van der Waals surface area contributed by atoms with Gasteiger partial charge in [0.15, 0.2) is 0 Å². The van der Waals surface area contributed by atoms with Gasteiger partial charge in [-0.2, -0.15) is 0 Å². The second kappa shape index (κ2) is 6.18. The van der Waals surface area contributed by atoms with Crippen LogP contribution in [0.1, 0.15) is 18.4 Å². The lowest BCUT2D eigenvalue weighted by Crippen LogP contribution is -1.93. The van der Waals surface area contributed by atoms with Crippen molar-refractivity contribution < 1.29 is 0 Å². The number of nitrogens with zero attached hydrogens (tertiary/aromatic N) is 2. The quantitative estimate of drug-likeness (QED) is 0.652. The van der Waals surface area contributed by atoms with E-state index in [1.54, 1.807) is 0 Å². The van der Waals surface area contributed by atoms with Crippen molar-refractivity contribution in [2.45, 2.75) is 12.8 Å². The molecule has 1 aliphatic carbocycles. The lowest BCUT2D eigenvalue weighted by atomic mass is 9.97. The summed E-state index contributed by atoms with van der Waals surface area (Å²) in [5.41, 5.74) is 3.59. The molecule has 0 saturated heterocycles. The smallest absolute Gasteiger partial charge is 0.222 e. The molecule has 21 heavy (non-hydrogen) atoms. The predicted octanol–water partition coefficient (Wildman–Crippen LogP) is 5.75. The molecule has 0 radical (unpaired) electrons. The molecular weight excluding hydrogens is 327 g/mol. The molecule has 1 aromatic heterocycles. The normalized spacial score (nSPS) is 14.6. The predicted molar refractivity (Wildman–Crippen MR) is 88.6 cm³/mol. The SMILES string of the molecule is ClC1=CCCC=C1c1cccc(-c2nc(Cl)ncc2Cl)c1. The van der Waals surface area contributed by atoms with Crippen molar-refractivity contribution in [2.75, 3.05) is 0 Å². The number of aromatic nitrogens is 2. The van der Waals surface area contributed by atoms with Gasteiger partial charge in [0.25, 0.3) is 0 Å². The van der Waals surface area contributed by atoms with Gasteiger partial charge in [0.2, 0.25) is 5.28 Å². The summed E-state index contributed by atoms with van der Waals surface area (Å²) in [5.74, 6) is 0. The van der Waals surface area contributed by atoms with E-state index in [-0.39, 0.29) is 5.28 Å². The summed E-state index contributed by atoms with van der Waals surface area (Å²) in [6, 6.07) is 7.93. The van der Waals surface area contributed by atoms with Crippen LogP contribution in [0.2, 0.25) is 10.3 Å². The fraction of sp³-hybridized carbons (Fsp3) is 0.125. The molecule has 0 N–H and O–H groups in total. The van der Waals surface area contributed by atoms with Crippen LogP contribution in [-0.2, 0) is 0 Å². The number of halogens is 3. The van der Waals surface area contributed by atoms with E-state index >= 15 is 0 Å². The standard InChI is InChI=1S/C16H11Cl3N2/c17-13-7-2-1-6-12(13)10-4-3-5-11(8-10)15-14(18)9-20-16(19)21-15/h3-9H,1-2H2. The van der Waals surface area contributed by atoms with Gasteiger partial charge < -0.3 is 0 Å². The maximum absolute atomic E-state index is 6.29. The van der Waals surface area contributed by atoms with Crippen LogP contribution in [-0.4, -0.2) is 9.97 Å². The lowest BCUT2D eigenvalue weighted by molar-refractivity contribution is 1.04. The second-order valence-corrected chi connectivity index (χ2v) is 5.82. The largest absolute Gasteiger partial charge is 0.225 e. The summed E-state index contributed by atoms with van der Waals surface area (Å²) in [5, 5.41) is 1.43. The zero-order valence-electron chi connectivity index (χ0n) is 11.0. The van der Waals surface area contributed by atoms with Gasteiger partial charge in [0.05, 0.1) is 16.9 Å². The van der Waals surface area contributed by atoms with Crippen LogP contribution in [0.15, 0.2) is 47.6 Å². The highest BCUT2D eigenvalue weighted by Gasteiger charge is 2.12. The van der Waals surface area contributed by atoms with Crippen molar-refractivity contribution in [3.63, 3.8) is 0 Å². The summed E-state index contributed by atoms with van der Waals surface area (Å²) in [7, 11) is 0. The van der Waals surface area contributed by atoms with E-state index in [9.17, 15) is 0 Å². The molecule has 1 aliphatic rings. The summed E-state index contributed by atoms with van der Waals surface area (Å²) >= 11 is 18.3. The Morgan fingerprint density at radius 1 is 0.952 bits per heavy atom. The van der Waals surface area contributed by atoms with Crippen molar-refractivity contribution >= 4 is 40.4 Å². The molecule has 1 heterocycles. The first-order valence-corrected chi connectivity index (χ1v) is 7.63. The molecular formula is C16H11Cl3N2. The summed E-state index contributed by atoms with van der Waals surface area (Å²) < 4.78 is 0. The maximum Gasteiger partial charge on any atom is 0.222 e. The van der Waals surface area contributed by atoms with Crippen molar-refractivity contribution in [2.24, 2.45) is 0 Å². The summed E-state index contributed by atoms with van der Waals surface area (Å²) in [6.07, 6.45) is 7.67. The summed E-state index contributed by atoms with van der Waals surface area (Å²) in [4.78, 5) is 8.07. The molecule has 0 unspecified atom stereocenters. The number of hydrogen-bond acceptors (Lipinski definition) is 2. The molecule has 0 atom stereocenters.